The molecule has 0 saturated carbocycles. The van der Waals surface area contributed by atoms with Gasteiger partial charge in [0.25, 0.3) is 0 Å². The summed E-state index contributed by atoms with van der Waals surface area (Å²) in [6, 6.07) is 0. The highest BCUT2D eigenvalue weighted by Crippen LogP contribution is 2.16. The van der Waals surface area contributed by atoms with Crippen molar-refractivity contribution in [3.63, 3.8) is 0 Å². The summed E-state index contributed by atoms with van der Waals surface area (Å²) in [6.07, 6.45) is 8.92. The first-order valence-corrected chi connectivity index (χ1v) is 7.99. The zero-order chi connectivity index (χ0) is 13.8. The molecule has 0 saturated heterocycles. The summed E-state index contributed by atoms with van der Waals surface area (Å²) in [5.41, 5.74) is 2.46. The Labute approximate surface area is 123 Å². The van der Waals surface area contributed by atoms with Crippen molar-refractivity contribution in [2.24, 2.45) is 0 Å². The molecule has 2 aromatic rings. The van der Waals surface area contributed by atoms with E-state index in [0.29, 0.717) is 0 Å². The lowest BCUT2D eigenvalue weighted by Gasteiger charge is -2.27. The van der Waals surface area contributed by atoms with Crippen LogP contribution < -0.4 is 0 Å². The Morgan fingerprint density at radius 1 is 1.20 bits per heavy atom. The summed E-state index contributed by atoms with van der Waals surface area (Å²) in [6.45, 7) is 6.09. The van der Waals surface area contributed by atoms with E-state index in [2.05, 4.69) is 31.3 Å². The van der Waals surface area contributed by atoms with Crippen LogP contribution in [-0.2, 0) is 19.6 Å². The molecule has 0 fully saturated rings. The number of fused-ring (bicyclic) bond motifs is 1. The van der Waals surface area contributed by atoms with E-state index in [1.165, 1.54) is 11.3 Å². The first kappa shape index (κ1) is 13.6. The Kier molecular flexibility index (Phi) is 4.32. The maximum atomic E-state index is 4.42. The summed E-state index contributed by atoms with van der Waals surface area (Å²) in [4.78, 5) is 15.5. The molecule has 0 bridgehead atoms. The Balaban J connectivity index is 1.58. The second kappa shape index (κ2) is 6.37. The molecular weight excluding hydrogens is 270 g/mol. The predicted octanol–water partition coefficient (Wildman–Crippen LogP) is 2.19. The van der Waals surface area contributed by atoms with Crippen molar-refractivity contribution >= 4 is 11.8 Å². The smallest absolute Gasteiger partial charge is 0.187 e. The molecule has 0 aliphatic carbocycles. The molecule has 1 aliphatic rings. The summed E-state index contributed by atoms with van der Waals surface area (Å²) >= 11 is 1.72. The first-order valence-electron chi connectivity index (χ1n) is 7.00. The van der Waals surface area contributed by atoms with E-state index >= 15 is 0 Å². The summed E-state index contributed by atoms with van der Waals surface area (Å²) < 4.78 is 2.22. The lowest BCUT2D eigenvalue weighted by molar-refractivity contribution is 0.212. The molecule has 106 valence electrons. The van der Waals surface area contributed by atoms with Crippen molar-refractivity contribution in [3.8, 4) is 0 Å². The van der Waals surface area contributed by atoms with Crippen LogP contribution >= 0.6 is 11.8 Å². The molecule has 3 heterocycles. The van der Waals surface area contributed by atoms with Crippen LogP contribution in [0.5, 0.6) is 0 Å². The van der Waals surface area contributed by atoms with Gasteiger partial charge in [0.05, 0.1) is 12.0 Å². The van der Waals surface area contributed by atoms with Gasteiger partial charge in [0.2, 0.25) is 0 Å². The SMILES string of the molecule is CCCSc1ncc(CN2CCn3cncc3C2)cn1. The third-order valence-corrected chi connectivity index (χ3v) is 4.45. The molecule has 0 N–H and O–H groups in total. The normalized spacial score (nSPS) is 15.2. The minimum Gasteiger partial charge on any atom is -0.332 e. The fourth-order valence-corrected chi connectivity index (χ4v) is 2.97. The quantitative estimate of drug-likeness (QED) is 0.624. The molecule has 0 spiro atoms. The molecule has 2 aromatic heterocycles. The van der Waals surface area contributed by atoms with Gasteiger partial charge in [0.1, 0.15) is 0 Å². The molecule has 0 amide bonds. The molecule has 0 radical (unpaired) electrons. The predicted molar refractivity (Wildman–Crippen MR) is 79.4 cm³/mol. The van der Waals surface area contributed by atoms with Gasteiger partial charge in [-0.25, -0.2) is 15.0 Å². The first-order chi connectivity index (χ1) is 9.85. The van der Waals surface area contributed by atoms with E-state index in [1.54, 1.807) is 11.8 Å². The van der Waals surface area contributed by atoms with Crippen LogP contribution in [0.3, 0.4) is 0 Å². The Morgan fingerprint density at radius 2 is 2.05 bits per heavy atom. The second-order valence-electron chi connectivity index (χ2n) is 5.01. The highest BCUT2D eigenvalue weighted by molar-refractivity contribution is 7.99. The molecule has 0 atom stereocenters. The number of thioether (sulfide) groups is 1. The number of rotatable bonds is 5. The van der Waals surface area contributed by atoms with Crippen molar-refractivity contribution in [1.29, 1.82) is 0 Å². The van der Waals surface area contributed by atoms with Crippen LogP contribution in [0.2, 0.25) is 0 Å². The average Bonchev–Trinajstić information content (AvgIpc) is 2.94. The number of imidazole rings is 1. The van der Waals surface area contributed by atoms with E-state index in [1.807, 2.05) is 24.9 Å². The fraction of sp³-hybridized carbons (Fsp3) is 0.500. The van der Waals surface area contributed by atoms with Gasteiger partial charge in [-0.1, -0.05) is 18.7 Å². The molecular formula is C14H19N5S. The maximum Gasteiger partial charge on any atom is 0.187 e. The lowest BCUT2D eigenvalue weighted by Crippen LogP contribution is -2.32. The highest BCUT2D eigenvalue weighted by Gasteiger charge is 2.16. The number of aromatic nitrogens is 4. The molecule has 0 unspecified atom stereocenters. The molecule has 5 nitrogen and oxygen atoms in total. The van der Waals surface area contributed by atoms with Gasteiger partial charge < -0.3 is 4.57 Å². The lowest BCUT2D eigenvalue weighted by atomic mass is 10.2. The largest absolute Gasteiger partial charge is 0.332 e. The molecule has 20 heavy (non-hydrogen) atoms. The van der Waals surface area contributed by atoms with Crippen LogP contribution in [0, 0.1) is 0 Å². The molecule has 6 heteroatoms. The van der Waals surface area contributed by atoms with E-state index in [0.717, 1.165) is 43.5 Å². The molecule has 1 aliphatic heterocycles. The topological polar surface area (TPSA) is 46.8 Å². The summed E-state index contributed by atoms with van der Waals surface area (Å²) in [5.74, 6) is 1.08. The van der Waals surface area contributed by atoms with Crippen molar-refractivity contribution in [2.45, 2.75) is 38.1 Å². The van der Waals surface area contributed by atoms with Crippen molar-refractivity contribution < 1.29 is 0 Å². The third-order valence-electron chi connectivity index (χ3n) is 3.36. The van der Waals surface area contributed by atoms with E-state index < -0.39 is 0 Å². The Morgan fingerprint density at radius 3 is 2.85 bits per heavy atom. The minimum atomic E-state index is 0.882. The van der Waals surface area contributed by atoms with Crippen LogP contribution in [0.25, 0.3) is 0 Å². The summed E-state index contributed by atoms with van der Waals surface area (Å²) in [5, 5.41) is 0.882. The van der Waals surface area contributed by atoms with Crippen molar-refractivity contribution in [3.05, 3.63) is 36.2 Å². The average molecular weight is 289 g/mol. The number of nitrogens with zero attached hydrogens (tertiary/aromatic N) is 5. The van der Waals surface area contributed by atoms with Crippen LogP contribution in [0.1, 0.15) is 24.6 Å². The van der Waals surface area contributed by atoms with Gasteiger partial charge in [-0.3, -0.25) is 4.90 Å². The summed E-state index contributed by atoms with van der Waals surface area (Å²) in [7, 11) is 0. The zero-order valence-corrected chi connectivity index (χ0v) is 12.5. The van der Waals surface area contributed by atoms with E-state index in [-0.39, 0.29) is 0 Å². The van der Waals surface area contributed by atoms with E-state index in [4.69, 9.17) is 0 Å². The van der Waals surface area contributed by atoms with Crippen LogP contribution in [0.4, 0.5) is 0 Å². The van der Waals surface area contributed by atoms with E-state index in [9.17, 15) is 0 Å². The third kappa shape index (κ3) is 3.19. The van der Waals surface area contributed by atoms with Gasteiger partial charge in [0.15, 0.2) is 5.16 Å². The number of hydrogen-bond acceptors (Lipinski definition) is 5. The minimum absolute atomic E-state index is 0.882. The monoisotopic (exact) mass is 289 g/mol. The van der Waals surface area contributed by atoms with Gasteiger partial charge in [0, 0.05) is 56.1 Å². The standard InChI is InChI=1S/C14H19N5S/c1-2-5-20-14-16-6-12(7-17-14)9-18-3-4-19-11-15-8-13(19)10-18/h6-8,11H,2-5,9-10H2,1H3. The van der Waals surface area contributed by atoms with Gasteiger partial charge in [-0.05, 0) is 6.42 Å². The van der Waals surface area contributed by atoms with Crippen LogP contribution in [-0.4, -0.2) is 36.7 Å². The molecule has 0 aromatic carbocycles. The van der Waals surface area contributed by atoms with Gasteiger partial charge in [-0.15, -0.1) is 0 Å². The van der Waals surface area contributed by atoms with Gasteiger partial charge >= 0.3 is 0 Å². The maximum absolute atomic E-state index is 4.42. The highest BCUT2D eigenvalue weighted by atomic mass is 32.2. The second-order valence-corrected chi connectivity index (χ2v) is 6.07. The Hall–Kier alpha value is -1.40. The number of hydrogen-bond donors (Lipinski definition) is 0. The van der Waals surface area contributed by atoms with Crippen LogP contribution in [0.15, 0.2) is 30.1 Å². The van der Waals surface area contributed by atoms with Crippen molar-refractivity contribution in [2.75, 3.05) is 12.3 Å². The molecule has 3 rings (SSSR count). The Bertz CT molecular complexity index is 551. The fourth-order valence-electron chi connectivity index (χ4n) is 2.32. The van der Waals surface area contributed by atoms with Gasteiger partial charge in [-0.2, -0.15) is 0 Å². The zero-order valence-electron chi connectivity index (χ0n) is 11.7. The van der Waals surface area contributed by atoms with Crippen molar-refractivity contribution in [1.82, 2.24) is 24.4 Å².